The molecule has 9 heteroatoms. The molecule has 2 rings (SSSR count). The van der Waals surface area contributed by atoms with Crippen molar-refractivity contribution in [2.75, 3.05) is 6.61 Å². The van der Waals surface area contributed by atoms with Gasteiger partial charge < -0.3 is 14.6 Å². The van der Waals surface area contributed by atoms with Crippen molar-refractivity contribution in [3.05, 3.63) is 12.0 Å². The number of aromatic nitrogens is 2. The molecule has 0 bridgehead atoms. The first-order valence-corrected chi connectivity index (χ1v) is 8.63. The molecule has 0 spiro atoms. The number of aromatic hydroxyl groups is 1. The lowest BCUT2D eigenvalue weighted by atomic mass is 10.2. The van der Waals surface area contributed by atoms with Crippen molar-refractivity contribution in [1.29, 1.82) is 0 Å². The number of ether oxygens (including phenoxy) is 2. The summed E-state index contributed by atoms with van der Waals surface area (Å²) in [5, 5.41) is 12.4. The van der Waals surface area contributed by atoms with Gasteiger partial charge in [0.2, 0.25) is 11.8 Å². The maximum atomic E-state index is 12.0. The number of hydrogen-bond acceptors (Lipinski definition) is 7. The minimum atomic E-state index is -0.764. The first kappa shape index (κ1) is 19.9. The monoisotopic (exact) mass is 367 g/mol. The summed E-state index contributed by atoms with van der Waals surface area (Å²) in [5.74, 6) is -2.45. The van der Waals surface area contributed by atoms with E-state index in [1.54, 1.807) is 27.7 Å². The number of carbonyl (C=O) groups is 3. The van der Waals surface area contributed by atoms with Crippen molar-refractivity contribution in [3.8, 4) is 5.88 Å². The topological polar surface area (TPSA) is 120 Å². The molecule has 0 saturated carbocycles. The van der Waals surface area contributed by atoms with Crippen LogP contribution in [0.2, 0.25) is 0 Å². The molecule has 144 valence electrons. The fourth-order valence-corrected chi connectivity index (χ4v) is 2.40. The van der Waals surface area contributed by atoms with Crippen LogP contribution in [0.3, 0.4) is 0 Å². The van der Waals surface area contributed by atoms with Gasteiger partial charge in [0.1, 0.15) is 19.2 Å². The van der Waals surface area contributed by atoms with Gasteiger partial charge in [-0.2, -0.15) is 0 Å². The summed E-state index contributed by atoms with van der Waals surface area (Å²) in [5.41, 5.74) is -0.239. The molecule has 0 aliphatic carbocycles. The molecule has 1 aliphatic heterocycles. The molecule has 9 nitrogen and oxygen atoms in total. The number of carbonyl (C=O) groups excluding carboxylic acids is 3. The smallest absolute Gasteiger partial charge is 0.308 e. The Bertz CT molecular complexity index is 682. The highest BCUT2D eigenvalue weighted by Gasteiger charge is 2.31. The summed E-state index contributed by atoms with van der Waals surface area (Å²) in [6.45, 7) is 6.94. The SMILES string of the molecule is CC(C)C(=O)NC(=O)c1ncn([C@H]2CC[C@@H](COC(=O)C(C)C)O2)c1O. The predicted molar refractivity (Wildman–Crippen MR) is 90.1 cm³/mol. The Balaban J connectivity index is 1.96. The zero-order chi connectivity index (χ0) is 19.4. The van der Waals surface area contributed by atoms with E-state index in [1.165, 1.54) is 10.9 Å². The largest absolute Gasteiger partial charge is 0.493 e. The van der Waals surface area contributed by atoms with E-state index in [2.05, 4.69) is 10.3 Å². The van der Waals surface area contributed by atoms with Crippen LogP contribution in [-0.2, 0) is 19.1 Å². The minimum absolute atomic E-state index is 0.138. The second kappa shape index (κ2) is 8.31. The van der Waals surface area contributed by atoms with Gasteiger partial charge in [-0.15, -0.1) is 0 Å². The Morgan fingerprint density at radius 1 is 1.31 bits per heavy atom. The summed E-state index contributed by atoms with van der Waals surface area (Å²) in [6, 6.07) is 0. The third-order valence-corrected chi connectivity index (χ3v) is 4.02. The zero-order valence-corrected chi connectivity index (χ0v) is 15.4. The van der Waals surface area contributed by atoms with Crippen LogP contribution in [-0.4, -0.2) is 45.2 Å². The van der Waals surface area contributed by atoms with Gasteiger partial charge in [-0.25, -0.2) is 4.98 Å². The zero-order valence-electron chi connectivity index (χ0n) is 15.4. The molecule has 1 fully saturated rings. The van der Waals surface area contributed by atoms with Gasteiger partial charge in [-0.1, -0.05) is 27.7 Å². The summed E-state index contributed by atoms with van der Waals surface area (Å²) >= 11 is 0. The van der Waals surface area contributed by atoms with E-state index in [-0.39, 0.29) is 42.1 Å². The van der Waals surface area contributed by atoms with Crippen LogP contribution < -0.4 is 5.32 Å². The molecule has 1 saturated heterocycles. The standard InChI is InChI=1S/C17H25N3O6/c1-9(2)14(21)19-15(22)13-16(23)20(8-18-13)12-6-5-11(26-12)7-25-17(24)10(3)4/h8-12,23H,5-7H2,1-4H3,(H,19,21,22)/t11-,12+/m0/s1. The molecule has 0 unspecified atom stereocenters. The predicted octanol–water partition coefficient (Wildman–Crippen LogP) is 1.38. The van der Waals surface area contributed by atoms with E-state index >= 15 is 0 Å². The van der Waals surface area contributed by atoms with Gasteiger partial charge in [0.25, 0.3) is 5.91 Å². The Labute approximate surface area is 151 Å². The maximum absolute atomic E-state index is 12.0. The van der Waals surface area contributed by atoms with Crippen molar-refractivity contribution in [2.24, 2.45) is 11.8 Å². The molecule has 0 aromatic carbocycles. The van der Waals surface area contributed by atoms with Crippen LogP contribution in [0, 0.1) is 11.8 Å². The van der Waals surface area contributed by atoms with Crippen LogP contribution >= 0.6 is 0 Å². The van der Waals surface area contributed by atoms with Crippen molar-refractivity contribution >= 4 is 17.8 Å². The van der Waals surface area contributed by atoms with E-state index in [0.29, 0.717) is 12.8 Å². The van der Waals surface area contributed by atoms with E-state index in [1.807, 2.05) is 0 Å². The summed E-state index contributed by atoms with van der Waals surface area (Å²) < 4.78 is 12.2. The Kier molecular flexibility index (Phi) is 6.36. The molecular weight excluding hydrogens is 342 g/mol. The maximum Gasteiger partial charge on any atom is 0.308 e. The average Bonchev–Trinajstić information content (AvgIpc) is 3.18. The number of imide groups is 1. The fourth-order valence-electron chi connectivity index (χ4n) is 2.40. The highest BCUT2D eigenvalue weighted by atomic mass is 16.6. The lowest BCUT2D eigenvalue weighted by Crippen LogP contribution is -2.33. The minimum Gasteiger partial charge on any atom is -0.493 e. The Morgan fingerprint density at radius 3 is 2.62 bits per heavy atom. The van der Waals surface area contributed by atoms with E-state index < -0.39 is 18.0 Å². The number of amides is 2. The van der Waals surface area contributed by atoms with Gasteiger partial charge in [-0.05, 0) is 12.8 Å². The Hall–Kier alpha value is -2.42. The lowest BCUT2D eigenvalue weighted by Gasteiger charge is -2.16. The number of imidazole rings is 1. The molecule has 1 aliphatic rings. The summed E-state index contributed by atoms with van der Waals surface area (Å²) in [4.78, 5) is 39.0. The molecule has 0 radical (unpaired) electrons. The van der Waals surface area contributed by atoms with Crippen molar-refractivity contribution in [2.45, 2.75) is 52.9 Å². The molecule has 2 N–H and O–H groups in total. The van der Waals surface area contributed by atoms with Crippen molar-refractivity contribution in [3.63, 3.8) is 0 Å². The molecule has 1 aromatic rings. The van der Waals surface area contributed by atoms with Crippen LogP contribution in [0.4, 0.5) is 0 Å². The molecule has 26 heavy (non-hydrogen) atoms. The van der Waals surface area contributed by atoms with E-state index in [4.69, 9.17) is 9.47 Å². The molecule has 2 amide bonds. The highest BCUT2D eigenvalue weighted by molar-refractivity contribution is 6.05. The van der Waals surface area contributed by atoms with Crippen LogP contribution in [0.25, 0.3) is 0 Å². The first-order valence-electron chi connectivity index (χ1n) is 8.63. The number of rotatable bonds is 6. The van der Waals surface area contributed by atoms with Crippen LogP contribution in [0.1, 0.15) is 57.3 Å². The van der Waals surface area contributed by atoms with Gasteiger partial charge in [0.05, 0.1) is 12.0 Å². The van der Waals surface area contributed by atoms with Crippen LogP contribution in [0.5, 0.6) is 5.88 Å². The normalized spacial score (nSPS) is 19.8. The third-order valence-electron chi connectivity index (χ3n) is 4.02. The lowest BCUT2D eigenvalue weighted by molar-refractivity contribution is -0.152. The second-order valence-corrected chi connectivity index (χ2v) is 6.87. The second-order valence-electron chi connectivity index (χ2n) is 6.87. The van der Waals surface area contributed by atoms with E-state index in [0.717, 1.165) is 0 Å². The van der Waals surface area contributed by atoms with Gasteiger partial charge >= 0.3 is 5.97 Å². The molecule has 2 atom stereocenters. The van der Waals surface area contributed by atoms with Crippen molar-refractivity contribution in [1.82, 2.24) is 14.9 Å². The fraction of sp³-hybridized carbons (Fsp3) is 0.647. The van der Waals surface area contributed by atoms with Crippen LogP contribution in [0.15, 0.2) is 6.33 Å². The Morgan fingerprint density at radius 2 is 2.00 bits per heavy atom. The van der Waals surface area contributed by atoms with Gasteiger partial charge in [0, 0.05) is 5.92 Å². The molecule has 2 heterocycles. The number of esters is 1. The van der Waals surface area contributed by atoms with Gasteiger partial charge in [0.15, 0.2) is 5.69 Å². The first-order chi connectivity index (χ1) is 12.2. The summed E-state index contributed by atoms with van der Waals surface area (Å²) in [7, 11) is 0. The highest BCUT2D eigenvalue weighted by Crippen LogP contribution is 2.32. The van der Waals surface area contributed by atoms with E-state index in [9.17, 15) is 19.5 Å². The number of nitrogens with one attached hydrogen (secondary N) is 1. The molecule has 1 aromatic heterocycles. The third kappa shape index (κ3) is 4.60. The molecular formula is C17H25N3O6. The number of hydrogen-bond donors (Lipinski definition) is 2. The number of nitrogens with zero attached hydrogens (tertiary/aromatic N) is 2. The summed E-state index contributed by atoms with van der Waals surface area (Å²) in [6.07, 6.45) is 1.69. The van der Waals surface area contributed by atoms with Gasteiger partial charge in [-0.3, -0.25) is 24.3 Å². The average molecular weight is 367 g/mol. The quantitative estimate of drug-likeness (QED) is 0.729. The van der Waals surface area contributed by atoms with Crippen molar-refractivity contribution < 1.29 is 29.0 Å².